The Morgan fingerprint density at radius 3 is 2.85 bits per heavy atom. The van der Waals surface area contributed by atoms with Crippen LogP contribution >= 0.6 is 0 Å². The summed E-state index contributed by atoms with van der Waals surface area (Å²) in [5.41, 5.74) is 3.69. The molecule has 27 heavy (non-hydrogen) atoms. The molecular weight excluding hydrogens is 342 g/mol. The smallest absolute Gasteiger partial charge is 0.261 e. The van der Waals surface area contributed by atoms with Crippen LogP contribution in [0.1, 0.15) is 34.5 Å². The molecule has 4 rings (SSSR count). The summed E-state index contributed by atoms with van der Waals surface area (Å²) < 4.78 is 1.60. The van der Waals surface area contributed by atoms with Crippen LogP contribution in [0.3, 0.4) is 0 Å². The summed E-state index contributed by atoms with van der Waals surface area (Å²) in [4.78, 5) is 19.6. The number of carbonyl (C=O) groups is 1. The number of carbonyl (C=O) groups excluding carboxylic acids is 1. The van der Waals surface area contributed by atoms with E-state index >= 15 is 0 Å². The number of likely N-dealkylation sites (tertiary alicyclic amines) is 1. The van der Waals surface area contributed by atoms with Crippen molar-refractivity contribution in [2.45, 2.75) is 32.4 Å². The van der Waals surface area contributed by atoms with Crippen LogP contribution in [0, 0.1) is 6.92 Å². The third-order valence-electron chi connectivity index (χ3n) is 4.97. The Hall–Kier alpha value is -2.77. The number of rotatable bonds is 4. The van der Waals surface area contributed by atoms with Gasteiger partial charge in [-0.25, -0.2) is 9.50 Å². The molecule has 0 spiro atoms. The standard InChI is InChI=1S/C20H23N5O2/c1-14-6-11-25-19(22-14)17(12-21-25)20(27)23-18-5-3-2-4-15(18)13-24-9-7-16(26)8-10-24/h2-6,11-12,16,26H,7-10,13H2,1H3,(H,23,27). The lowest BCUT2D eigenvalue weighted by molar-refractivity contribution is 0.0793. The number of amides is 1. The molecule has 0 radical (unpaired) electrons. The van der Waals surface area contributed by atoms with E-state index in [1.165, 1.54) is 0 Å². The first kappa shape index (κ1) is 17.6. The van der Waals surface area contributed by atoms with Crippen molar-refractivity contribution in [1.82, 2.24) is 19.5 Å². The zero-order chi connectivity index (χ0) is 18.8. The number of hydrogen-bond donors (Lipinski definition) is 2. The lowest BCUT2D eigenvalue weighted by Gasteiger charge is -2.30. The first-order chi connectivity index (χ1) is 13.1. The minimum atomic E-state index is -0.218. The van der Waals surface area contributed by atoms with Crippen molar-refractivity contribution in [3.05, 3.63) is 59.5 Å². The molecule has 3 aromatic rings. The number of aromatic nitrogens is 3. The van der Waals surface area contributed by atoms with Crippen LogP contribution in [-0.4, -0.2) is 49.7 Å². The maximum atomic E-state index is 12.8. The minimum Gasteiger partial charge on any atom is -0.393 e. The molecule has 140 valence electrons. The summed E-state index contributed by atoms with van der Waals surface area (Å²) in [6.07, 6.45) is 4.74. The first-order valence-electron chi connectivity index (χ1n) is 9.21. The Labute approximate surface area is 157 Å². The van der Waals surface area contributed by atoms with E-state index < -0.39 is 0 Å². The third kappa shape index (κ3) is 3.84. The van der Waals surface area contributed by atoms with E-state index in [-0.39, 0.29) is 12.0 Å². The van der Waals surface area contributed by atoms with E-state index in [2.05, 4.69) is 20.3 Å². The van der Waals surface area contributed by atoms with Gasteiger partial charge in [-0.15, -0.1) is 0 Å². The van der Waals surface area contributed by atoms with Gasteiger partial charge in [0.25, 0.3) is 5.91 Å². The Morgan fingerprint density at radius 1 is 1.26 bits per heavy atom. The Bertz CT molecular complexity index is 960. The maximum absolute atomic E-state index is 12.8. The number of piperidine rings is 1. The number of benzene rings is 1. The van der Waals surface area contributed by atoms with E-state index in [0.717, 1.165) is 49.4 Å². The fourth-order valence-electron chi connectivity index (χ4n) is 3.41. The number of aryl methyl sites for hydroxylation is 1. The molecule has 1 aliphatic heterocycles. The molecule has 2 N–H and O–H groups in total. The topological polar surface area (TPSA) is 82.8 Å². The van der Waals surface area contributed by atoms with Crippen molar-refractivity contribution in [2.24, 2.45) is 0 Å². The average Bonchev–Trinajstić information content (AvgIpc) is 3.08. The van der Waals surface area contributed by atoms with Crippen LogP contribution in [0.2, 0.25) is 0 Å². The number of anilines is 1. The summed E-state index contributed by atoms with van der Waals surface area (Å²) in [5, 5.41) is 16.9. The number of nitrogens with one attached hydrogen (secondary N) is 1. The van der Waals surface area contributed by atoms with Crippen LogP contribution in [0.5, 0.6) is 0 Å². The number of aliphatic hydroxyl groups is 1. The molecule has 0 bridgehead atoms. The van der Waals surface area contributed by atoms with Gasteiger partial charge in [-0.3, -0.25) is 9.69 Å². The molecular formula is C20H23N5O2. The zero-order valence-corrected chi connectivity index (χ0v) is 15.3. The molecule has 2 aromatic heterocycles. The molecule has 7 nitrogen and oxygen atoms in total. The predicted molar refractivity (Wildman–Crippen MR) is 103 cm³/mol. The first-order valence-corrected chi connectivity index (χ1v) is 9.21. The zero-order valence-electron chi connectivity index (χ0n) is 15.3. The van der Waals surface area contributed by atoms with Gasteiger partial charge in [-0.05, 0) is 37.5 Å². The lowest BCUT2D eigenvalue weighted by Crippen LogP contribution is -2.35. The van der Waals surface area contributed by atoms with E-state index in [1.54, 1.807) is 16.9 Å². The van der Waals surface area contributed by atoms with Gasteiger partial charge in [0.1, 0.15) is 5.56 Å². The summed E-state index contributed by atoms with van der Waals surface area (Å²) in [7, 11) is 0. The van der Waals surface area contributed by atoms with Crippen molar-refractivity contribution in [2.75, 3.05) is 18.4 Å². The Morgan fingerprint density at radius 2 is 2.04 bits per heavy atom. The average molecular weight is 365 g/mol. The SMILES string of the molecule is Cc1ccn2ncc(C(=O)Nc3ccccc3CN3CCC(O)CC3)c2n1. The van der Waals surface area contributed by atoms with Gasteiger partial charge in [0, 0.05) is 37.2 Å². The number of aliphatic hydroxyl groups excluding tert-OH is 1. The molecule has 1 aliphatic rings. The highest BCUT2D eigenvalue weighted by atomic mass is 16.3. The Kier molecular flexibility index (Phi) is 4.87. The third-order valence-corrected chi connectivity index (χ3v) is 4.97. The molecule has 0 saturated carbocycles. The quantitative estimate of drug-likeness (QED) is 0.741. The normalized spacial score (nSPS) is 15.9. The molecule has 3 heterocycles. The highest BCUT2D eigenvalue weighted by Crippen LogP contribution is 2.21. The Balaban J connectivity index is 1.53. The van der Waals surface area contributed by atoms with Gasteiger partial charge in [-0.2, -0.15) is 5.10 Å². The number of nitrogens with zero attached hydrogens (tertiary/aromatic N) is 4. The fraction of sp³-hybridized carbons (Fsp3) is 0.350. The van der Waals surface area contributed by atoms with E-state index in [4.69, 9.17) is 0 Å². The van der Waals surface area contributed by atoms with Gasteiger partial charge in [0.15, 0.2) is 5.65 Å². The molecule has 0 unspecified atom stereocenters. The monoisotopic (exact) mass is 365 g/mol. The molecule has 1 amide bonds. The molecule has 1 aromatic carbocycles. The van der Waals surface area contributed by atoms with Crippen molar-refractivity contribution < 1.29 is 9.90 Å². The van der Waals surface area contributed by atoms with Gasteiger partial charge in [0.05, 0.1) is 12.3 Å². The number of hydrogen-bond acceptors (Lipinski definition) is 5. The van der Waals surface area contributed by atoms with Crippen LogP contribution < -0.4 is 5.32 Å². The summed E-state index contributed by atoms with van der Waals surface area (Å²) in [6, 6.07) is 9.68. The molecule has 0 atom stereocenters. The lowest BCUT2D eigenvalue weighted by atomic mass is 10.1. The van der Waals surface area contributed by atoms with Gasteiger partial charge >= 0.3 is 0 Å². The van der Waals surface area contributed by atoms with E-state index in [1.807, 2.05) is 37.3 Å². The second-order valence-corrected chi connectivity index (χ2v) is 7.01. The summed E-state index contributed by atoms with van der Waals surface area (Å²) in [6.45, 7) is 4.36. The molecule has 7 heteroatoms. The largest absolute Gasteiger partial charge is 0.393 e. The summed E-state index contributed by atoms with van der Waals surface area (Å²) in [5.74, 6) is -0.218. The summed E-state index contributed by atoms with van der Waals surface area (Å²) >= 11 is 0. The molecule has 1 fully saturated rings. The fourth-order valence-corrected chi connectivity index (χ4v) is 3.41. The van der Waals surface area contributed by atoms with Gasteiger partial charge < -0.3 is 10.4 Å². The van der Waals surface area contributed by atoms with E-state index in [0.29, 0.717) is 11.2 Å². The molecule has 0 aliphatic carbocycles. The number of para-hydroxylation sites is 1. The van der Waals surface area contributed by atoms with Crippen molar-refractivity contribution >= 4 is 17.2 Å². The van der Waals surface area contributed by atoms with Crippen LogP contribution in [0.4, 0.5) is 5.69 Å². The van der Waals surface area contributed by atoms with Crippen molar-refractivity contribution in [3.63, 3.8) is 0 Å². The van der Waals surface area contributed by atoms with Crippen LogP contribution in [0.25, 0.3) is 5.65 Å². The minimum absolute atomic E-state index is 0.192. The second-order valence-electron chi connectivity index (χ2n) is 7.01. The van der Waals surface area contributed by atoms with Crippen molar-refractivity contribution in [1.29, 1.82) is 0 Å². The van der Waals surface area contributed by atoms with Gasteiger partial charge in [0.2, 0.25) is 0 Å². The van der Waals surface area contributed by atoms with Crippen LogP contribution in [-0.2, 0) is 6.54 Å². The predicted octanol–water partition coefficient (Wildman–Crippen LogP) is 2.25. The van der Waals surface area contributed by atoms with Crippen LogP contribution in [0.15, 0.2) is 42.7 Å². The highest BCUT2D eigenvalue weighted by Gasteiger charge is 2.19. The highest BCUT2D eigenvalue weighted by molar-refractivity contribution is 6.08. The van der Waals surface area contributed by atoms with E-state index in [9.17, 15) is 9.90 Å². The van der Waals surface area contributed by atoms with Gasteiger partial charge in [-0.1, -0.05) is 18.2 Å². The van der Waals surface area contributed by atoms with Crippen molar-refractivity contribution in [3.8, 4) is 0 Å². The molecule has 1 saturated heterocycles. The second kappa shape index (κ2) is 7.46. The number of fused-ring (bicyclic) bond motifs is 1. The maximum Gasteiger partial charge on any atom is 0.261 e.